The van der Waals surface area contributed by atoms with Crippen molar-refractivity contribution < 1.29 is 4.39 Å². The molecule has 26 heavy (non-hydrogen) atoms. The number of nitrogens with zero attached hydrogens (tertiary/aromatic N) is 2. The van der Waals surface area contributed by atoms with Crippen molar-refractivity contribution in [2.45, 2.75) is 13.5 Å². The molecule has 0 aliphatic rings. The van der Waals surface area contributed by atoms with Gasteiger partial charge in [-0.2, -0.15) is 5.10 Å². The summed E-state index contributed by atoms with van der Waals surface area (Å²) in [5, 5.41) is 8.37. The first kappa shape index (κ1) is 16.1. The molecule has 4 rings (SSSR count). The Morgan fingerprint density at radius 2 is 1.85 bits per heavy atom. The third-order valence-electron chi connectivity index (χ3n) is 4.29. The van der Waals surface area contributed by atoms with E-state index in [1.807, 2.05) is 43.3 Å². The Labute approximate surface area is 149 Å². The van der Waals surface area contributed by atoms with E-state index in [0.29, 0.717) is 16.9 Å². The molecule has 5 nitrogen and oxygen atoms in total. The average Bonchev–Trinajstić information content (AvgIpc) is 2.97. The lowest BCUT2D eigenvalue weighted by atomic mass is 10.2. The van der Waals surface area contributed by atoms with Gasteiger partial charge in [0.05, 0.1) is 17.1 Å². The van der Waals surface area contributed by atoms with Gasteiger partial charge in [0.25, 0.3) is 5.56 Å². The van der Waals surface area contributed by atoms with E-state index in [2.05, 4.69) is 15.4 Å². The van der Waals surface area contributed by atoms with Crippen LogP contribution in [-0.2, 0) is 6.54 Å². The fraction of sp³-hybridized carbons (Fsp3) is 0.100. The highest BCUT2D eigenvalue weighted by Crippen LogP contribution is 2.20. The van der Waals surface area contributed by atoms with E-state index in [1.54, 1.807) is 22.9 Å². The molecule has 2 N–H and O–H groups in total. The molecule has 0 saturated heterocycles. The maximum atomic E-state index is 13.7. The summed E-state index contributed by atoms with van der Waals surface area (Å²) >= 11 is 0. The van der Waals surface area contributed by atoms with Crippen molar-refractivity contribution in [3.63, 3.8) is 0 Å². The molecule has 0 atom stereocenters. The Hall–Kier alpha value is -3.41. The number of aryl methyl sites for hydroxylation is 1. The second kappa shape index (κ2) is 6.48. The van der Waals surface area contributed by atoms with Gasteiger partial charge < -0.3 is 10.3 Å². The third-order valence-corrected chi connectivity index (χ3v) is 4.29. The van der Waals surface area contributed by atoms with Gasteiger partial charge in [-0.25, -0.2) is 9.07 Å². The Kier molecular flexibility index (Phi) is 4.01. The summed E-state index contributed by atoms with van der Waals surface area (Å²) in [5.41, 5.74) is 3.00. The second-order valence-corrected chi connectivity index (χ2v) is 6.05. The average molecular weight is 348 g/mol. The fourth-order valence-corrected chi connectivity index (χ4v) is 2.94. The number of fused-ring (bicyclic) bond motifs is 1. The van der Waals surface area contributed by atoms with Crippen LogP contribution in [0.5, 0.6) is 0 Å². The highest BCUT2D eigenvalue weighted by molar-refractivity contribution is 5.80. The zero-order valence-electron chi connectivity index (χ0n) is 14.2. The molecule has 0 unspecified atom stereocenters. The van der Waals surface area contributed by atoms with E-state index >= 15 is 0 Å². The fourth-order valence-electron chi connectivity index (χ4n) is 2.94. The molecule has 0 aliphatic heterocycles. The van der Waals surface area contributed by atoms with Crippen molar-refractivity contribution in [3.8, 4) is 5.69 Å². The predicted octanol–water partition coefficient (Wildman–Crippen LogP) is 3.77. The summed E-state index contributed by atoms with van der Waals surface area (Å²) < 4.78 is 15.5. The number of rotatable bonds is 4. The van der Waals surface area contributed by atoms with Crippen LogP contribution in [0, 0.1) is 12.7 Å². The molecular weight excluding hydrogens is 331 g/mol. The minimum Gasteiger partial charge on any atom is -0.378 e. The monoisotopic (exact) mass is 348 g/mol. The number of para-hydroxylation sites is 2. The SMILES string of the molecule is Cc1nn(-c2ccccc2)c2[nH]c(=O)c(CNc3ccccc3F)cc12. The van der Waals surface area contributed by atoms with Gasteiger partial charge in [0.2, 0.25) is 0 Å². The van der Waals surface area contributed by atoms with E-state index in [-0.39, 0.29) is 17.9 Å². The minimum atomic E-state index is -0.349. The lowest BCUT2D eigenvalue weighted by Gasteiger charge is -2.08. The van der Waals surface area contributed by atoms with E-state index in [0.717, 1.165) is 16.8 Å². The molecule has 0 aliphatic carbocycles. The Balaban J connectivity index is 1.72. The number of hydrogen-bond acceptors (Lipinski definition) is 3. The van der Waals surface area contributed by atoms with Gasteiger partial charge in [0.15, 0.2) is 0 Å². The molecule has 2 aromatic carbocycles. The largest absolute Gasteiger partial charge is 0.378 e. The highest BCUT2D eigenvalue weighted by atomic mass is 19.1. The van der Waals surface area contributed by atoms with Crippen LogP contribution in [0.1, 0.15) is 11.3 Å². The number of H-pyrrole nitrogens is 1. The van der Waals surface area contributed by atoms with Gasteiger partial charge in [-0.3, -0.25) is 4.79 Å². The van der Waals surface area contributed by atoms with Gasteiger partial charge in [0.1, 0.15) is 11.5 Å². The standard InChI is InChI=1S/C20H17FN4O/c1-13-16-11-14(12-22-18-10-6-5-9-17(18)21)20(26)23-19(16)25(24-13)15-7-3-2-4-8-15/h2-11,22H,12H2,1H3,(H,23,26). The molecule has 0 bridgehead atoms. The zero-order chi connectivity index (χ0) is 18.1. The quantitative estimate of drug-likeness (QED) is 0.590. The van der Waals surface area contributed by atoms with E-state index in [9.17, 15) is 9.18 Å². The van der Waals surface area contributed by atoms with Gasteiger partial charge in [-0.15, -0.1) is 0 Å². The van der Waals surface area contributed by atoms with Crippen LogP contribution in [0.4, 0.5) is 10.1 Å². The van der Waals surface area contributed by atoms with Crippen molar-refractivity contribution >= 4 is 16.7 Å². The molecule has 0 saturated carbocycles. The lowest BCUT2D eigenvalue weighted by molar-refractivity contribution is 0.630. The van der Waals surface area contributed by atoms with Crippen LogP contribution in [0.2, 0.25) is 0 Å². The normalized spacial score (nSPS) is 11.0. The number of aromatic amines is 1. The number of halogens is 1. The molecule has 2 aromatic heterocycles. The molecule has 0 amide bonds. The minimum absolute atomic E-state index is 0.224. The van der Waals surface area contributed by atoms with Crippen molar-refractivity contribution in [1.29, 1.82) is 0 Å². The predicted molar refractivity (Wildman–Crippen MR) is 100 cm³/mol. The van der Waals surface area contributed by atoms with Crippen LogP contribution in [-0.4, -0.2) is 14.8 Å². The number of anilines is 1. The molecule has 0 radical (unpaired) electrons. The Bertz CT molecular complexity index is 1130. The molecular formula is C20H17FN4O. The number of hydrogen-bond donors (Lipinski definition) is 2. The molecule has 4 aromatic rings. The van der Waals surface area contributed by atoms with Gasteiger partial charge in [-0.1, -0.05) is 30.3 Å². The van der Waals surface area contributed by atoms with E-state index in [4.69, 9.17) is 0 Å². The summed E-state index contributed by atoms with van der Waals surface area (Å²) in [4.78, 5) is 15.4. The van der Waals surface area contributed by atoms with Crippen molar-refractivity contribution in [2.24, 2.45) is 0 Å². The number of benzene rings is 2. The first-order chi connectivity index (χ1) is 12.6. The van der Waals surface area contributed by atoms with Gasteiger partial charge in [0, 0.05) is 17.5 Å². The third kappa shape index (κ3) is 2.86. The van der Waals surface area contributed by atoms with Crippen molar-refractivity contribution in [2.75, 3.05) is 5.32 Å². The van der Waals surface area contributed by atoms with Crippen LogP contribution >= 0.6 is 0 Å². The smallest absolute Gasteiger partial charge is 0.254 e. The topological polar surface area (TPSA) is 62.7 Å². The zero-order valence-corrected chi connectivity index (χ0v) is 14.2. The molecule has 2 heterocycles. The van der Waals surface area contributed by atoms with Gasteiger partial charge in [-0.05, 0) is 37.3 Å². The van der Waals surface area contributed by atoms with Crippen LogP contribution in [0.25, 0.3) is 16.7 Å². The first-order valence-electron chi connectivity index (χ1n) is 8.29. The van der Waals surface area contributed by atoms with Crippen LogP contribution in [0.3, 0.4) is 0 Å². The maximum Gasteiger partial charge on any atom is 0.254 e. The molecule has 0 spiro atoms. The Morgan fingerprint density at radius 1 is 1.12 bits per heavy atom. The van der Waals surface area contributed by atoms with Crippen molar-refractivity contribution in [1.82, 2.24) is 14.8 Å². The summed E-state index contributed by atoms with van der Waals surface area (Å²) in [5.74, 6) is -0.349. The molecule has 6 heteroatoms. The van der Waals surface area contributed by atoms with E-state index in [1.165, 1.54) is 6.07 Å². The lowest BCUT2D eigenvalue weighted by Crippen LogP contribution is -2.16. The molecule has 0 fully saturated rings. The first-order valence-corrected chi connectivity index (χ1v) is 8.29. The number of nitrogens with one attached hydrogen (secondary N) is 2. The van der Waals surface area contributed by atoms with Gasteiger partial charge >= 0.3 is 0 Å². The number of pyridine rings is 1. The van der Waals surface area contributed by atoms with E-state index < -0.39 is 0 Å². The Morgan fingerprint density at radius 3 is 2.62 bits per heavy atom. The summed E-state index contributed by atoms with van der Waals surface area (Å²) in [6.45, 7) is 2.12. The second-order valence-electron chi connectivity index (χ2n) is 6.05. The summed E-state index contributed by atoms with van der Waals surface area (Å²) in [7, 11) is 0. The number of aromatic nitrogens is 3. The maximum absolute atomic E-state index is 13.7. The molecule has 130 valence electrons. The summed E-state index contributed by atoms with van der Waals surface area (Å²) in [6, 6.07) is 17.8. The van der Waals surface area contributed by atoms with Crippen molar-refractivity contribution in [3.05, 3.63) is 88.1 Å². The van der Waals surface area contributed by atoms with Crippen LogP contribution in [0.15, 0.2) is 65.5 Å². The highest BCUT2D eigenvalue weighted by Gasteiger charge is 2.13. The summed E-state index contributed by atoms with van der Waals surface area (Å²) in [6.07, 6.45) is 0. The van der Waals surface area contributed by atoms with Crippen LogP contribution < -0.4 is 10.9 Å².